The zero-order valence-corrected chi connectivity index (χ0v) is 22.4. The summed E-state index contributed by atoms with van der Waals surface area (Å²) in [5.74, 6) is 1.20. The molecule has 1 aromatic carbocycles. The average molecular weight is 507 g/mol. The van der Waals surface area contributed by atoms with Gasteiger partial charge in [-0.2, -0.15) is 0 Å². The molecule has 0 unspecified atom stereocenters. The summed E-state index contributed by atoms with van der Waals surface area (Å²) < 4.78 is 17.2. The monoisotopic (exact) mass is 506 g/mol. The van der Waals surface area contributed by atoms with E-state index in [1.807, 2.05) is 43.1 Å². The predicted molar refractivity (Wildman–Crippen MR) is 143 cm³/mol. The Morgan fingerprint density at radius 2 is 2.11 bits per heavy atom. The standard InChI is InChI=1S/C30H38N2O5/c1-6-16-32-17-15-29(25-8-7-9-27(19-25)35-5)20-26(12-14-30(29,21-32)37-23(3)33)31(4)28(34)11-10-24-13-18-36-22(24)2/h6-11,13,18-19,26H,1,12,14-17,20-21H2,2-5H3/b11-10+/t26-,29+,30+/m1/s1. The van der Waals surface area contributed by atoms with E-state index >= 15 is 0 Å². The fourth-order valence-corrected chi connectivity index (χ4v) is 6.28. The number of carbonyl (C=O) groups is 2. The number of nitrogens with zero attached hydrogens (tertiary/aromatic N) is 2. The first kappa shape index (κ1) is 26.7. The Hall–Kier alpha value is -3.32. The van der Waals surface area contributed by atoms with E-state index in [1.54, 1.807) is 25.5 Å². The maximum Gasteiger partial charge on any atom is 0.303 e. The topological polar surface area (TPSA) is 72.2 Å². The normalized spacial score (nSPS) is 25.9. The van der Waals surface area contributed by atoms with Crippen molar-refractivity contribution in [2.24, 2.45) is 0 Å². The first-order chi connectivity index (χ1) is 17.7. The molecular weight excluding hydrogens is 468 g/mol. The SMILES string of the molecule is C=CCN1CC[C@@]2(c3cccc(OC)c3)C[C@H](N(C)C(=O)/C=C/c3ccoc3C)CC[C@]2(OC(C)=O)C1. The van der Waals surface area contributed by atoms with E-state index in [9.17, 15) is 9.59 Å². The van der Waals surface area contributed by atoms with Gasteiger partial charge in [0.15, 0.2) is 0 Å². The molecule has 7 nitrogen and oxygen atoms in total. The lowest BCUT2D eigenvalue weighted by Gasteiger charge is -2.60. The van der Waals surface area contributed by atoms with Crippen molar-refractivity contribution < 1.29 is 23.5 Å². The van der Waals surface area contributed by atoms with E-state index in [4.69, 9.17) is 13.9 Å². The number of hydrogen-bond acceptors (Lipinski definition) is 6. The molecule has 7 heteroatoms. The van der Waals surface area contributed by atoms with E-state index in [1.165, 1.54) is 6.92 Å². The molecule has 2 aliphatic rings. The fourth-order valence-electron chi connectivity index (χ4n) is 6.28. The lowest BCUT2D eigenvalue weighted by molar-refractivity contribution is -0.189. The summed E-state index contributed by atoms with van der Waals surface area (Å²) in [5.41, 5.74) is 0.798. The minimum atomic E-state index is -0.712. The molecule has 0 radical (unpaired) electrons. The molecule has 37 heavy (non-hydrogen) atoms. The van der Waals surface area contributed by atoms with E-state index in [2.05, 4.69) is 23.6 Å². The number of aryl methyl sites for hydroxylation is 1. The van der Waals surface area contributed by atoms with Gasteiger partial charge in [0.05, 0.1) is 13.4 Å². The number of hydrogen-bond donors (Lipinski definition) is 0. The van der Waals surface area contributed by atoms with Crippen LogP contribution in [0, 0.1) is 6.92 Å². The number of rotatable bonds is 8. The van der Waals surface area contributed by atoms with Crippen LogP contribution in [-0.4, -0.2) is 67.1 Å². The molecule has 2 heterocycles. The van der Waals surface area contributed by atoms with E-state index in [0.717, 1.165) is 48.6 Å². The third kappa shape index (κ3) is 5.23. The van der Waals surface area contributed by atoms with Crippen molar-refractivity contribution in [1.82, 2.24) is 9.80 Å². The van der Waals surface area contributed by atoms with Gasteiger partial charge in [0.1, 0.15) is 17.1 Å². The maximum atomic E-state index is 13.2. The van der Waals surface area contributed by atoms with Crippen LogP contribution in [0.1, 0.15) is 49.5 Å². The zero-order valence-electron chi connectivity index (χ0n) is 22.4. The van der Waals surface area contributed by atoms with Crippen LogP contribution in [0.25, 0.3) is 6.08 Å². The Morgan fingerprint density at radius 3 is 2.78 bits per heavy atom. The number of fused-ring (bicyclic) bond motifs is 1. The number of ether oxygens (including phenoxy) is 2. The van der Waals surface area contributed by atoms with Gasteiger partial charge in [0.2, 0.25) is 5.91 Å². The summed E-state index contributed by atoms with van der Waals surface area (Å²) in [7, 11) is 3.53. The Labute approximate surface area is 219 Å². The van der Waals surface area contributed by atoms with Crippen LogP contribution in [0.3, 0.4) is 0 Å². The van der Waals surface area contributed by atoms with Crippen LogP contribution < -0.4 is 4.74 Å². The van der Waals surface area contributed by atoms with Gasteiger partial charge < -0.3 is 18.8 Å². The van der Waals surface area contributed by atoms with Crippen molar-refractivity contribution in [2.75, 3.05) is 33.8 Å². The molecule has 1 saturated heterocycles. The summed E-state index contributed by atoms with van der Waals surface area (Å²) >= 11 is 0. The fraction of sp³-hybridized carbons (Fsp3) is 0.467. The predicted octanol–water partition coefficient (Wildman–Crippen LogP) is 4.75. The van der Waals surface area contributed by atoms with Crippen molar-refractivity contribution in [3.05, 3.63) is 72.2 Å². The number of esters is 1. The Bertz CT molecular complexity index is 1170. The third-order valence-electron chi connectivity index (χ3n) is 8.22. The highest BCUT2D eigenvalue weighted by molar-refractivity contribution is 5.92. The van der Waals surface area contributed by atoms with Crippen molar-refractivity contribution in [2.45, 2.75) is 56.6 Å². The van der Waals surface area contributed by atoms with Gasteiger partial charge in [-0.1, -0.05) is 18.2 Å². The van der Waals surface area contributed by atoms with Gasteiger partial charge in [-0.3, -0.25) is 14.5 Å². The van der Waals surface area contributed by atoms with Crippen LogP contribution >= 0.6 is 0 Å². The molecule has 1 aliphatic heterocycles. The summed E-state index contributed by atoms with van der Waals surface area (Å²) in [6.07, 6.45) is 9.81. The van der Waals surface area contributed by atoms with E-state index < -0.39 is 11.0 Å². The van der Waals surface area contributed by atoms with Crippen LogP contribution in [-0.2, 0) is 19.7 Å². The van der Waals surface area contributed by atoms with Crippen LogP contribution in [0.2, 0.25) is 0 Å². The van der Waals surface area contributed by atoms with Crippen molar-refractivity contribution in [1.29, 1.82) is 0 Å². The van der Waals surface area contributed by atoms with Crippen LogP contribution in [0.15, 0.2) is 59.7 Å². The second-order valence-corrected chi connectivity index (χ2v) is 10.3. The minimum Gasteiger partial charge on any atom is -0.497 e. The zero-order chi connectivity index (χ0) is 26.6. The van der Waals surface area contributed by atoms with Gasteiger partial charge in [-0.25, -0.2) is 0 Å². The molecule has 0 spiro atoms. The molecule has 1 amide bonds. The van der Waals surface area contributed by atoms with Gasteiger partial charge in [-0.05, 0) is 69.0 Å². The summed E-state index contributed by atoms with van der Waals surface area (Å²) in [6, 6.07) is 9.93. The summed E-state index contributed by atoms with van der Waals surface area (Å²) in [5, 5.41) is 0. The first-order valence-electron chi connectivity index (χ1n) is 12.9. The largest absolute Gasteiger partial charge is 0.497 e. The average Bonchev–Trinajstić information content (AvgIpc) is 3.30. The number of carbonyl (C=O) groups excluding carboxylic acids is 2. The Morgan fingerprint density at radius 1 is 1.30 bits per heavy atom. The summed E-state index contributed by atoms with van der Waals surface area (Å²) in [4.78, 5) is 29.9. The van der Waals surface area contributed by atoms with Crippen molar-refractivity contribution >= 4 is 18.0 Å². The highest BCUT2D eigenvalue weighted by Gasteiger charge is 2.61. The third-order valence-corrected chi connectivity index (χ3v) is 8.22. The van der Waals surface area contributed by atoms with Gasteiger partial charge in [0.25, 0.3) is 0 Å². The molecular formula is C30H38N2O5. The minimum absolute atomic E-state index is 0.0107. The van der Waals surface area contributed by atoms with E-state index in [-0.39, 0.29) is 17.9 Å². The van der Waals surface area contributed by atoms with Crippen molar-refractivity contribution in [3.63, 3.8) is 0 Å². The maximum absolute atomic E-state index is 13.2. The molecule has 0 bridgehead atoms. The highest BCUT2D eigenvalue weighted by atomic mass is 16.6. The number of amides is 1. The molecule has 2 aromatic rings. The second kappa shape index (κ2) is 11.0. The number of benzene rings is 1. The smallest absolute Gasteiger partial charge is 0.303 e. The molecule has 1 saturated carbocycles. The number of furan rings is 1. The van der Waals surface area contributed by atoms with Gasteiger partial charge in [-0.15, -0.1) is 6.58 Å². The molecule has 1 aliphatic carbocycles. The highest BCUT2D eigenvalue weighted by Crippen LogP contribution is 2.54. The molecule has 1 aromatic heterocycles. The number of methoxy groups -OCH3 is 1. The number of piperidine rings is 1. The lowest BCUT2D eigenvalue weighted by Crippen LogP contribution is -2.68. The molecule has 198 valence electrons. The van der Waals surface area contributed by atoms with Gasteiger partial charge in [0, 0.05) is 50.2 Å². The van der Waals surface area contributed by atoms with Crippen molar-refractivity contribution in [3.8, 4) is 5.75 Å². The first-order valence-corrected chi connectivity index (χ1v) is 12.9. The van der Waals surface area contributed by atoms with Crippen LogP contribution in [0.4, 0.5) is 0 Å². The quantitative estimate of drug-likeness (QED) is 0.292. The lowest BCUT2D eigenvalue weighted by atomic mass is 9.55. The molecule has 4 rings (SSSR count). The second-order valence-electron chi connectivity index (χ2n) is 10.3. The Kier molecular flexibility index (Phi) is 7.93. The Balaban J connectivity index is 1.70. The van der Waals surface area contributed by atoms with Gasteiger partial charge >= 0.3 is 5.97 Å². The molecule has 0 N–H and O–H groups in total. The number of likely N-dealkylation sites (tertiary alicyclic amines) is 1. The van der Waals surface area contributed by atoms with E-state index in [0.29, 0.717) is 19.4 Å². The van der Waals surface area contributed by atoms with Crippen LogP contribution in [0.5, 0.6) is 5.75 Å². The number of likely N-dealkylation sites (N-methyl/N-ethyl adjacent to an activating group) is 1. The molecule has 3 atom stereocenters. The summed E-state index contributed by atoms with van der Waals surface area (Å²) in [6.45, 7) is 9.48. The molecule has 2 fully saturated rings.